The van der Waals surface area contributed by atoms with Gasteiger partial charge in [0.1, 0.15) is 6.07 Å². The summed E-state index contributed by atoms with van der Waals surface area (Å²) < 4.78 is 27.3. The van der Waals surface area contributed by atoms with Crippen molar-refractivity contribution in [3.63, 3.8) is 0 Å². The van der Waals surface area contributed by atoms with Crippen molar-refractivity contribution < 1.29 is 13.2 Å². The van der Waals surface area contributed by atoms with E-state index in [0.717, 1.165) is 19.4 Å². The molecule has 1 aliphatic carbocycles. The summed E-state index contributed by atoms with van der Waals surface area (Å²) in [4.78, 5) is 15.0. The molecule has 0 radical (unpaired) electrons. The first-order valence-electron chi connectivity index (χ1n) is 9.78. The van der Waals surface area contributed by atoms with E-state index in [1.807, 2.05) is 17.9 Å². The molecule has 0 atom stereocenters. The standard InChI is InChI=1S/C20H27N3O3S/c1-2-23(18-8-4-5-9-18)20(24)16-11-13-22(14-12-16)27(25,26)19-10-6-3-7-17(19)15-21/h3,6-7,10,16,18H,2,4-5,8-9,11-14H2,1H3. The fourth-order valence-corrected chi connectivity index (χ4v) is 5.92. The lowest BCUT2D eigenvalue weighted by Gasteiger charge is -2.35. The largest absolute Gasteiger partial charge is 0.340 e. The van der Waals surface area contributed by atoms with Gasteiger partial charge >= 0.3 is 0 Å². The van der Waals surface area contributed by atoms with Crippen LogP contribution in [0.4, 0.5) is 0 Å². The van der Waals surface area contributed by atoms with Crippen LogP contribution in [0.25, 0.3) is 0 Å². The number of nitrogens with zero attached hydrogens (tertiary/aromatic N) is 3. The van der Waals surface area contributed by atoms with Gasteiger partial charge in [-0.2, -0.15) is 9.57 Å². The van der Waals surface area contributed by atoms with E-state index in [9.17, 15) is 18.5 Å². The van der Waals surface area contributed by atoms with Gasteiger partial charge in [-0.15, -0.1) is 0 Å². The van der Waals surface area contributed by atoms with Crippen LogP contribution in [-0.4, -0.2) is 49.2 Å². The first kappa shape index (κ1) is 19.8. The highest BCUT2D eigenvalue weighted by Crippen LogP contribution is 2.29. The van der Waals surface area contributed by atoms with Gasteiger partial charge in [0.2, 0.25) is 15.9 Å². The monoisotopic (exact) mass is 389 g/mol. The molecule has 1 aromatic carbocycles. The Balaban J connectivity index is 1.68. The Labute approximate surface area is 161 Å². The van der Waals surface area contributed by atoms with Crippen LogP contribution in [-0.2, 0) is 14.8 Å². The number of amides is 1. The molecule has 1 saturated heterocycles. The maximum atomic E-state index is 13.0. The number of carbonyl (C=O) groups excluding carboxylic acids is 1. The van der Waals surface area contributed by atoms with Gasteiger partial charge in [0.05, 0.1) is 10.5 Å². The Bertz CT molecular complexity index is 817. The van der Waals surface area contributed by atoms with Crippen LogP contribution in [0.1, 0.15) is 51.0 Å². The number of benzene rings is 1. The van der Waals surface area contributed by atoms with Crippen molar-refractivity contribution in [3.05, 3.63) is 29.8 Å². The molecule has 6 nitrogen and oxygen atoms in total. The number of sulfonamides is 1. The summed E-state index contributed by atoms with van der Waals surface area (Å²) in [5, 5.41) is 9.20. The van der Waals surface area contributed by atoms with E-state index in [-0.39, 0.29) is 22.3 Å². The van der Waals surface area contributed by atoms with Crippen molar-refractivity contribution >= 4 is 15.9 Å². The lowest BCUT2D eigenvalue weighted by Crippen LogP contribution is -2.47. The highest BCUT2D eigenvalue weighted by atomic mass is 32.2. The third kappa shape index (κ3) is 4.02. The van der Waals surface area contributed by atoms with Crippen molar-refractivity contribution in [3.8, 4) is 6.07 Å². The van der Waals surface area contributed by atoms with Crippen molar-refractivity contribution in [2.75, 3.05) is 19.6 Å². The second-order valence-electron chi connectivity index (χ2n) is 7.35. The third-order valence-electron chi connectivity index (χ3n) is 5.82. The number of hydrogen-bond donors (Lipinski definition) is 0. The fraction of sp³-hybridized carbons (Fsp3) is 0.600. The molecule has 146 valence electrons. The zero-order chi connectivity index (χ0) is 19.4. The van der Waals surface area contributed by atoms with Crippen LogP contribution < -0.4 is 0 Å². The molecule has 1 aliphatic heterocycles. The van der Waals surface area contributed by atoms with Gasteiger partial charge in [-0.25, -0.2) is 8.42 Å². The SMILES string of the molecule is CCN(C(=O)C1CCN(S(=O)(=O)c2ccccc2C#N)CC1)C1CCCC1. The zero-order valence-electron chi connectivity index (χ0n) is 15.8. The zero-order valence-corrected chi connectivity index (χ0v) is 16.6. The molecule has 0 N–H and O–H groups in total. The topological polar surface area (TPSA) is 81.5 Å². The molecule has 1 amide bonds. The van der Waals surface area contributed by atoms with Crippen molar-refractivity contribution in [2.45, 2.75) is 56.4 Å². The molecule has 3 rings (SSSR count). The van der Waals surface area contributed by atoms with Crippen LogP contribution in [0.3, 0.4) is 0 Å². The van der Waals surface area contributed by atoms with Gasteiger partial charge in [-0.05, 0) is 44.7 Å². The van der Waals surface area contributed by atoms with Crippen LogP contribution in [0.5, 0.6) is 0 Å². The molecule has 27 heavy (non-hydrogen) atoms. The Morgan fingerprint density at radius 2 is 1.81 bits per heavy atom. The first-order valence-corrected chi connectivity index (χ1v) is 11.2. The third-order valence-corrected chi connectivity index (χ3v) is 7.77. The Hall–Kier alpha value is -1.91. The number of rotatable bonds is 5. The summed E-state index contributed by atoms with van der Waals surface area (Å²) in [6.07, 6.45) is 5.61. The minimum atomic E-state index is -3.71. The summed E-state index contributed by atoms with van der Waals surface area (Å²) in [7, 11) is -3.71. The van der Waals surface area contributed by atoms with Gasteiger partial charge in [0, 0.05) is 31.6 Å². The summed E-state index contributed by atoms with van der Waals surface area (Å²) in [6.45, 7) is 3.38. The molecule has 7 heteroatoms. The smallest absolute Gasteiger partial charge is 0.244 e. The van der Waals surface area contributed by atoms with E-state index >= 15 is 0 Å². The van der Waals surface area contributed by atoms with Crippen molar-refractivity contribution in [1.29, 1.82) is 5.26 Å². The number of hydrogen-bond acceptors (Lipinski definition) is 4. The molecule has 1 aromatic rings. The highest BCUT2D eigenvalue weighted by molar-refractivity contribution is 7.89. The predicted octanol–water partition coefficient (Wildman–Crippen LogP) is 2.75. The molecule has 2 fully saturated rings. The summed E-state index contributed by atoms with van der Waals surface area (Å²) in [5.74, 6) is 0.0714. The van der Waals surface area contributed by atoms with Gasteiger partial charge in [0.15, 0.2) is 0 Å². The summed E-state index contributed by atoms with van der Waals surface area (Å²) in [5.41, 5.74) is 0.161. The van der Waals surface area contributed by atoms with Crippen LogP contribution >= 0.6 is 0 Å². The summed E-state index contributed by atoms with van der Waals surface area (Å²) in [6, 6.07) is 8.59. The Morgan fingerprint density at radius 3 is 2.41 bits per heavy atom. The predicted molar refractivity (Wildman–Crippen MR) is 102 cm³/mol. The second kappa shape index (κ2) is 8.41. The van der Waals surface area contributed by atoms with E-state index in [2.05, 4.69) is 0 Å². The van der Waals surface area contributed by atoms with Gasteiger partial charge in [-0.3, -0.25) is 4.79 Å². The average molecular weight is 390 g/mol. The summed E-state index contributed by atoms with van der Waals surface area (Å²) >= 11 is 0. The van der Waals surface area contributed by atoms with E-state index < -0.39 is 10.0 Å². The molecule has 0 unspecified atom stereocenters. The van der Waals surface area contributed by atoms with Gasteiger partial charge < -0.3 is 4.90 Å². The first-order chi connectivity index (χ1) is 13.0. The maximum Gasteiger partial charge on any atom is 0.244 e. The minimum Gasteiger partial charge on any atom is -0.340 e. The van der Waals surface area contributed by atoms with Crippen molar-refractivity contribution in [2.24, 2.45) is 5.92 Å². The number of carbonyl (C=O) groups is 1. The van der Waals surface area contributed by atoms with Crippen molar-refractivity contribution in [1.82, 2.24) is 9.21 Å². The molecule has 1 saturated carbocycles. The molecule has 0 bridgehead atoms. The van der Waals surface area contributed by atoms with E-state index in [1.54, 1.807) is 12.1 Å². The van der Waals surface area contributed by atoms with Gasteiger partial charge in [-0.1, -0.05) is 25.0 Å². The molecule has 1 heterocycles. The number of piperidine rings is 1. The molecule has 0 spiro atoms. The molecular weight excluding hydrogens is 362 g/mol. The average Bonchev–Trinajstić information content (AvgIpc) is 3.23. The number of nitriles is 1. The lowest BCUT2D eigenvalue weighted by molar-refractivity contribution is -0.138. The minimum absolute atomic E-state index is 0.0541. The highest BCUT2D eigenvalue weighted by Gasteiger charge is 2.36. The quantitative estimate of drug-likeness (QED) is 0.775. The fourth-order valence-electron chi connectivity index (χ4n) is 4.31. The van der Waals surface area contributed by atoms with Crippen LogP contribution in [0.15, 0.2) is 29.2 Å². The maximum absolute atomic E-state index is 13.0. The van der Waals surface area contributed by atoms with Crippen LogP contribution in [0, 0.1) is 17.2 Å². The van der Waals surface area contributed by atoms with E-state index in [0.29, 0.717) is 32.0 Å². The Kier molecular flexibility index (Phi) is 6.18. The molecular formula is C20H27N3O3S. The second-order valence-corrected chi connectivity index (χ2v) is 9.26. The van der Waals surface area contributed by atoms with Crippen LogP contribution in [0.2, 0.25) is 0 Å². The van der Waals surface area contributed by atoms with Gasteiger partial charge in [0.25, 0.3) is 0 Å². The Morgan fingerprint density at radius 1 is 1.19 bits per heavy atom. The lowest BCUT2D eigenvalue weighted by atomic mass is 9.95. The molecule has 0 aromatic heterocycles. The van der Waals surface area contributed by atoms with E-state index in [4.69, 9.17) is 0 Å². The normalized spacial score (nSPS) is 19.7. The van der Waals surface area contributed by atoms with E-state index in [1.165, 1.54) is 29.3 Å². The molecule has 2 aliphatic rings.